The fourth-order valence-electron chi connectivity index (χ4n) is 1.93. The molecule has 110 valence electrons. The van der Waals surface area contributed by atoms with Crippen LogP contribution < -0.4 is 10.9 Å². The summed E-state index contributed by atoms with van der Waals surface area (Å²) in [6, 6.07) is 8.05. The van der Waals surface area contributed by atoms with Crippen LogP contribution in [-0.4, -0.2) is 39.7 Å². The number of nitrogens with one attached hydrogen (secondary N) is 2. The number of pyridine rings is 1. The van der Waals surface area contributed by atoms with Gasteiger partial charge in [-0.2, -0.15) is 0 Å². The normalized spacial score (nSPS) is 12.0. The van der Waals surface area contributed by atoms with E-state index < -0.39 is 23.5 Å². The van der Waals surface area contributed by atoms with Crippen LogP contribution in [0, 0.1) is 0 Å². The summed E-state index contributed by atoms with van der Waals surface area (Å²) in [5.74, 6) is -1.83. The first kappa shape index (κ1) is 14.7. The molecule has 0 spiro atoms. The Morgan fingerprint density at radius 3 is 2.71 bits per heavy atom. The van der Waals surface area contributed by atoms with Crippen molar-refractivity contribution in [2.75, 3.05) is 6.54 Å². The predicted octanol–water partition coefficient (Wildman–Crippen LogP) is 0.0935. The van der Waals surface area contributed by atoms with Crippen molar-refractivity contribution in [3.05, 3.63) is 46.2 Å². The third-order valence-corrected chi connectivity index (χ3v) is 2.98. The molecule has 0 bridgehead atoms. The second kappa shape index (κ2) is 6.19. The second-order valence-corrected chi connectivity index (χ2v) is 4.49. The molecule has 0 radical (unpaired) electrons. The molecular weight excluding hydrogens is 276 g/mol. The lowest BCUT2D eigenvalue weighted by atomic mass is 10.1. The first-order valence-electron chi connectivity index (χ1n) is 6.30. The average Bonchev–Trinajstić information content (AvgIpc) is 2.45. The van der Waals surface area contributed by atoms with Gasteiger partial charge in [0, 0.05) is 29.9 Å². The van der Waals surface area contributed by atoms with E-state index in [-0.39, 0.29) is 18.5 Å². The maximum atomic E-state index is 12.1. The molecule has 1 atom stereocenters. The summed E-state index contributed by atoms with van der Waals surface area (Å²) in [5, 5.41) is 20.7. The third kappa shape index (κ3) is 3.46. The van der Waals surface area contributed by atoms with Crippen LogP contribution in [0.3, 0.4) is 0 Å². The SMILES string of the molecule is O=C(NCC[C@H](O)C(=O)O)c1cc(=O)[nH]c2ccccc12. The Kier molecular flexibility index (Phi) is 4.34. The molecule has 7 nitrogen and oxygen atoms in total. The molecule has 0 aliphatic carbocycles. The van der Waals surface area contributed by atoms with Gasteiger partial charge in [0.05, 0.1) is 5.56 Å². The highest BCUT2D eigenvalue weighted by Gasteiger charge is 2.15. The number of aromatic amines is 1. The summed E-state index contributed by atoms with van der Waals surface area (Å²) >= 11 is 0. The number of rotatable bonds is 5. The highest BCUT2D eigenvalue weighted by molar-refractivity contribution is 6.05. The highest BCUT2D eigenvalue weighted by Crippen LogP contribution is 2.14. The van der Waals surface area contributed by atoms with E-state index in [0.717, 1.165) is 0 Å². The van der Waals surface area contributed by atoms with E-state index in [1.165, 1.54) is 6.07 Å². The van der Waals surface area contributed by atoms with Crippen molar-refractivity contribution in [3.8, 4) is 0 Å². The molecule has 1 heterocycles. The molecule has 0 unspecified atom stereocenters. The van der Waals surface area contributed by atoms with Crippen molar-refractivity contribution < 1.29 is 19.8 Å². The molecule has 0 aliphatic rings. The number of H-pyrrole nitrogens is 1. The maximum absolute atomic E-state index is 12.1. The monoisotopic (exact) mass is 290 g/mol. The maximum Gasteiger partial charge on any atom is 0.332 e. The van der Waals surface area contributed by atoms with Crippen molar-refractivity contribution in [2.24, 2.45) is 0 Å². The lowest BCUT2D eigenvalue weighted by Crippen LogP contribution is -2.30. The second-order valence-electron chi connectivity index (χ2n) is 4.49. The summed E-state index contributed by atoms with van der Waals surface area (Å²) in [6.45, 7) is -0.00652. The number of fused-ring (bicyclic) bond motifs is 1. The number of hydrogen-bond acceptors (Lipinski definition) is 4. The van der Waals surface area contributed by atoms with Gasteiger partial charge in [-0.3, -0.25) is 9.59 Å². The van der Waals surface area contributed by atoms with Crippen LogP contribution in [0.4, 0.5) is 0 Å². The number of amides is 1. The Morgan fingerprint density at radius 1 is 1.29 bits per heavy atom. The number of carbonyl (C=O) groups is 2. The molecule has 1 amide bonds. The summed E-state index contributed by atoms with van der Waals surface area (Å²) in [5.41, 5.74) is 0.351. The minimum atomic E-state index is -1.53. The highest BCUT2D eigenvalue weighted by atomic mass is 16.4. The van der Waals surface area contributed by atoms with Gasteiger partial charge in [-0.15, -0.1) is 0 Å². The number of carbonyl (C=O) groups excluding carboxylic acids is 1. The van der Waals surface area contributed by atoms with Crippen LogP contribution in [0.25, 0.3) is 10.9 Å². The van der Waals surface area contributed by atoms with E-state index in [2.05, 4.69) is 10.3 Å². The Morgan fingerprint density at radius 2 is 2.00 bits per heavy atom. The number of carboxylic acids is 1. The van der Waals surface area contributed by atoms with Gasteiger partial charge >= 0.3 is 5.97 Å². The van der Waals surface area contributed by atoms with Gasteiger partial charge in [-0.05, 0) is 6.07 Å². The van der Waals surface area contributed by atoms with E-state index >= 15 is 0 Å². The van der Waals surface area contributed by atoms with Crippen LogP contribution in [0.1, 0.15) is 16.8 Å². The summed E-state index contributed by atoms with van der Waals surface area (Å²) in [7, 11) is 0. The smallest absolute Gasteiger partial charge is 0.332 e. The molecule has 2 aromatic rings. The number of carboxylic acid groups (broad SMARTS) is 1. The molecule has 2 rings (SSSR count). The van der Waals surface area contributed by atoms with Crippen LogP contribution >= 0.6 is 0 Å². The minimum Gasteiger partial charge on any atom is -0.479 e. The third-order valence-electron chi connectivity index (χ3n) is 2.98. The summed E-state index contributed by atoms with van der Waals surface area (Å²) < 4.78 is 0. The number of aliphatic carboxylic acids is 1. The number of aliphatic hydroxyl groups excluding tert-OH is 1. The fourth-order valence-corrected chi connectivity index (χ4v) is 1.93. The zero-order valence-corrected chi connectivity index (χ0v) is 11.0. The van der Waals surface area contributed by atoms with Gasteiger partial charge in [0.25, 0.3) is 5.91 Å². The van der Waals surface area contributed by atoms with Crippen molar-refractivity contribution in [1.29, 1.82) is 0 Å². The summed E-state index contributed by atoms with van der Waals surface area (Å²) in [6.07, 6.45) is -1.64. The van der Waals surface area contributed by atoms with Gasteiger partial charge in [-0.1, -0.05) is 18.2 Å². The number of aromatic nitrogens is 1. The first-order chi connectivity index (χ1) is 9.99. The zero-order valence-electron chi connectivity index (χ0n) is 11.0. The molecule has 1 aromatic heterocycles. The quantitative estimate of drug-likeness (QED) is 0.622. The van der Waals surface area contributed by atoms with Gasteiger partial charge in [0.2, 0.25) is 5.56 Å². The number of aliphatic hydroxyl groups is 1. The Bertz CT molecular complexity index is 737. The number of benzene rings is 1. The Labute approximate surface area is 119 Å². The summed E-state index contributed by atoms with van der Waals surface area (Å²) in [4.78, 5) is 36.7. The molecular formula is C14H14N2O5. The van der Waals surface area contributed by atoms with Gasteiger partial charge in [-0.25, -0.2) is 4.79 Å². The molecule has 0 fully saturated rings. The van der Waals surface area contributed by atoms with Gasteiger partial charge < -0.3 is 20.5 Å². The van der Waals surface area contributed by atoms with E-state index in [1.807, 2.05) is 0 Å². The fraction of sp³-hybridized carbons (Fsp3) is 0.214. The zero-order chi connectivity index (χ0) is 15.4. The van der Waals surface area contributed by atoms with Gasteiger partial charge in [0.15, 0.2) is 6.10 Å². The van der Waals surface area contributed by atoms with Crippen LogP contribution in [0.2, 0.25) is 0 Å². The van der Waals surface area contributed by atoms with Crippen LogP contribution in [0.5, 0.6) is 0 Å². The van der Waals surface area contributed by atoms with Crippen molar-refractivity contribution in [3.63, 3.8) is 0 Å². The topological polar surface area (TPSA) is 119 Å². The molecule has 0 saturated carbocycles. The largest absolute Gasteiger partial charge is 0.479 e. The minimum absolute atomic E-state index is 0.00652. The molecule has 4 N–H and O–H groups in total. The predicted molar refractivity (Wildman–Crippen MR) is 75.2 cm³/mol. The Balaban J connectivity index is 2.16. The lowest BCUT2D eigenvalue weighted by Gasteiger charge is -2.09. The van der Waals surface area contributed by atoms with Crippen molar-refractivity contribution >= 4 is 22.8 Å². The van der Waals surface area contributed by atoms with Crippen LogP contribution in [-0.2, 0) is 4.79 Å². The van der Waals surface area contributed by atoms with E-state index in [1.54, 1.807) is 24.3 Å². The molecule has 0 aliphatic heterocycles. The van der Waals surface area contributed by atoms with Crippen molar-refractivity contribution in [1.82, 2.24) is 10.3 Å². The first-order valence-corrected chi connectivity index (χ1v) is 6.30. The van der Waals surface area contributed by atoms with Crippen LogP contribution in [0.15, 0.2) is 35.1 Å². The standard InChI is InChI=1S/C14H14N2O5/c17-11(14(20)21)5-6-15-13(19)9-7-12(18)16-10-4-2-1-3-8(9)10/h1-4,7,11,17H,5-6H2,(H,15,19)(H,16,18)(H,20,21)/t11-/m0/s1. The number of hydrogen-bond donors (Lipinski definition) is 4. The molecule has 1 aromatic carbocycles. The van der Waals surface area contributed by atoms with Gasteiger partial charge in [0.1, 0.15) is 0 Å². The van der Waals surface area contributed by atoms with E-state index in [4.69, 9.17) is 10.2 Å². The molecule has 0 saturated heterocycles. The molecule has 21 heavy (non-hydrogen) atoms. The lowest BCUT2D eigenvalue weighted by molar-refractivity contribution is -0.146. The number of para-hydroxylation sites is 1. The molecule has 7 heteroatoms. The van der Waals surface area contributed by atoms with Crippen molar-refractivity contribution in [2.45, 2.75) is 12.5 Å². The average molecular weight is 290 g/mol. The van der Waals surface area contributed by atoms with E-state index in [9.17, 15) is 14.4 Å². The van der Waals surface area contributed by atoms with E-state index in [0.29, 0.717) is 10.9 Å². The Hall–Kier alpha value is -2.67.